The zero-order valence-electron chi connectivity index (χ0n) is 14.8. The highest BCUT2D eigenvalue weighted by molar-refractivity contribution is 7.14. The summed E-state index contributed by atoms with van der Waals surface area (Å²) >= 11 is 2.78. The van der Waals surface area contributed by atoms with E-state index < -0.39 is 0 Å². The molecule has 8 heteroatoms. The molecule has 5 nitrogen and oxygen atoms in total. The van der Waals surface area contributed by atoms with Crippen molar-refractivity contribution in [2.24, 2.45) is 5.73 Å². The Labute approximate surface area is 167 Å². The number of aromatic nitrogens is 2. The lowest BCUT2D eigenvalue weighted by atomic mass is 9.86. The van der Waals surface area contributed by atoms with Crippen molar-refractivity contribution in [2.45, 2.75) is 32.7 Å². The molecule has 1 amide bonds. The van der Waals surface area contributed by atoms with Gasteiger partial charge in [0.05, 0.1) is 5.69 Å². The lowest BCUT2D eigenvalue weighted by Gasteiger charge is -2.18. The van der Waals surface area contributed by atoms with Gasteiger partial charge in [-0.15, -0.1) is 35.1 Å². The van der Waals surface area contributed by atoms with Crippen LogP contribution in [0.3, 0.4) is 0 Å². The van der Waals surface area contributed by atoms with Crippen molar-refractivity contribution < 1.29 is 4.79 Å². The number of rotatable bonds is 4. The predicted molar refractivity (Wildman–Crippen MR) is 111 cm³/mol. The molecule has 3 aromatic rings. The Morgan fingerprint density at radius 1 is 1.12 bits per heavy atom. The first-order valence-corrected chi connectivity index (χ1v) is 9.65. The first-order chi connectivity index (χ1) is 11.9. The standard InChI is InChI=1S/C18H20N4OS2.ClH/c1-18(2,3)12-6-4-11(5-7-12)13-9-25-17(21-13)22-16(23)14-10-24-15(8-19)20-14;/h4-7,9-10H,8,19H2,1-3H3,(H,21,22,23);1H. The van der Waals surface area contributed by atoms with Crippen LogP contribution in [0, 0.1) is 0 Å². The van der Waals surface area contributed by atoms with Gasteiger partial charge in [-0.25, -0.2) is 9.97 Å². The maximum Gasteiger partial charge on any atom is 0.276 e. The van der Waals surface area contributed by atoms with Gasteiger partial charge < -0.3 is 5.73 Å². The fourth-order valence-corrected chi connectivity index (χ4v) is 3.64. The molecule has 3 N–H and O–H groups in total. The minimum absolute atomic E-state index is 0. The summed E-state index contributed by atoms with van der Waals surface area (Å²) in [4.78, 5) is 20.9. The molecule has 2 aromatic heterocycles. The number of hydrogen-bond acceptors (Lipinski definition) is 6. The topological polar surface area (TPSA) is 80.9 Å². The van der Waals surface area contributed by atoms with Gasteiger partial charge in [-0.3, -0.25) is 10.1 Å². The molecule has 0 radical (unpaired) electrons. The highest BCUT2D eigenvalue weighted by Crippen LogP contribution is 2.28. The molecule has 1 aromatic carbocycles. The zero-order valence-corrected chi connectivity index (χ0v) is 17.2. The number of nitrogens with two attached hydrogens (primary N) is 1. The number of hydrogen-bond donors (Lipinski definition) is 2. The van der Waals surface area contributed by atoms with E-state index in [1.165, 1.54) is 28.2 Å². The van der Waals surface area contributed by atoms with Crippen LogP contribution in [0.5, 0.6) is 0 Å². The molecular weight excluding hydrogens is 388 g/mol. The van der Waals surface area contributed by atoms with E-state index in [2.05, 4.69) is 60.3 Å². The normalized spacial score (nSPS) is 11.1. The van der Waals surface area contributed by atoms with E-state index in [0.29, 0.717) is 17.4 Å². The van der Waals surface area contributed by atoms with E-state index in [1.54, 1.807) is 5.38 Å². The third-order valence-corrected chi connectivity index (χ3v) is 5.36. The highest BCUT2D eigenvalue weighted by atomic mass is 35.5. The Hall–Kier alpha value is -1.80. The summed E-state index contributed by atoms with van der Waals surface area (Å²) in [6.07, 6.45) is 0. The molecule has 0 bridgehead atoms. The Balaban J connectivity index is 0.00000243. The molecule has 0 aliphatic rings. The second-order valence-corrected chi connectivity index (χ2v) is 8.45. The van der Waals surface area contributed by atoms with Crippen molar-refractivity contribution in [1.29, 1.82) is 0 Å². The number of benzene rings is 1. The van der Waals surface area contributed by atoms with Gasteiger partial charge in [-0.1, -0.05) is 45.0 Å². The maximum atomic E-state index is 12.2. The lowest BCUT2D eigenvalue weighted by molar-refractivity contribution is 0.102. The van der Waals surface area contributed by atoms with Crippen molar-refractivity contribution in [3.8, 4) is 11.3 Å². The van der Waals surface area contributed by atoms with Crippen LogP contribution in [0.15, 0.2) is 35.0 Å². The van der Waals surface area contributed by atoms with Gasteiger partial charge >= 0.3 is 0 Å². The predicted octanol–water partition coefficient (Wildman–Crippen LogP) is 4.70. The Bertz CT molecular complexity index is 881. The number of nitrogens with one attached hydrogen (secondary N) is 1. The van der Waals surface area contributed by atoms with Crippen LogP contribution < -0.4 is 11.1 Å². The Morgan fingerprint density at radius 2 is 1.81 bits per heavy atom. The monoisotopic (exact) mass is 408 g/mol. The second-order valence-electron chi connectivity index (χ2n) is 6.65. The van der Waals surface area contributed by atoms with E-state index in [4.69, 9.17) is 5.73 Å². The van der Waals surface area contributed by atoms with Gasteiger partial charge in [0.2, 0.25) is 0 Å². The number of anilines is 1. The first kappa shape index (κ1) is 20.5. The van der Waals surface area contributed by atoms with Crippen LogP contribution in [0.1, 0.15) is 41.8 Å². The molecule has 0 aliphatic carbocycles. The SMILES string of the molecule is CC(C)(C)c1ccc(-c2csc(NC(=O)c3csc(CN)n3)n2)cc1.Cl. The van der Waals surface area contributed by atoms with E-state index in [1.807, 2.05) is 5.38 Å². The summed E-state index contributed by atoms with van der Waals surface area (Å²) < 4.78 is 0. The summed E-state index contributed by atoms with van der Waals surface area (Å²) in [5.41, 5.74) is 9.18. The van der Waals surface area contributed by atoms with Crippen molar-refractivity contribution in [3.05, 3.63) is 51.3 Å². The number of halogens is 1. The van der Waals surface area contributed by atoms with Crippen LogP contribution >= 0.6 is 35.1 Å². The average molecular weight is 409 g/mol. The maximum absolute atomic E-state index is 12.2. The molecule has 0 saturated carbocycles. The largest absolute Gasteiger partial charge is 0.325 e. The zero-order chi connectivity index (χ0) is 18.0. The molecule has 0 saturated heterocycles. The molecule has 26 heavy (non-hydrogen) atoms. The first-order valence-electron chi connectivity index (χ1n) is 7.89. The molecular formula is C18H21ClN4OS2. The molecule has 2 heterocycles. The second kappa shape index (κ2) is 8.26. The fraction of sp³-hybridized carbons (Fsp3) is 0.278. The fourth-order valence-electron chi connectivity index (χ4n) is 2.27. The lowest BCUT2D eigenvalue weighted by Crippen LogP contribution is -2.12. The summed E-state index contributed by atoms with van der Waals surface area (Å²) in [5.74, 6) is -0.264. The van der Waals surface area contributed by atoms with Crippen LogP contribution in [-0.2, 0) is 12.0 Å². The molecule has 0 unspecified atom stereocenters. The third-order valence-electron chi connectivity index (χ3n) is 3.73. The van der Waals surface area contributed by atoms with Crippen LogP contribution in [0.2, 0.25) is 0 Å². The van der Waals surface area contributed by atoms with Gasteiger partial charge in [0.1, 0.15) is 10.7 Å². The molecule has 3 rings (SSSR count). The summed E-state index contributed by atoms with van der Waals surface area (Å²) in [6.45, 7) is 6.90. The van der Waals surface area contributed by atoms with Crippen LogP contribution in [0.4, 0.5) is 5.13 Å². The summed E-state index contributed by atoms with van der Waals surface area (Å²) in [7, 11) is 0. The number of amides is 1. The molecule has 0 fully saturated rings. The molecule has 0 aliphatic heterocycles. The van der Waals surface area contributed by atoms with E-state index in [-0.39, 0.29) is 23.7 Å². The highest BCUT2D eigenvalue weighted by Gasteiger charge is 2.15. The van der Waals surface area contributed by atoms with E-state index >= 15 is 0 Å². The van der Waals surface area contributed by atoms with Gasteiger partial charge in [-0.2, -0.15) is 0 Å². The average Bonchev–Trinajstić information content (AvgIpc) is 3.23. The van der Waals surface area contributed by atoms with Gasteiger partial charge in [0.15, 0.2) is 5.13 Å². The minimum Gasteiger partial charge on any atom is -0.325 e. The van der Waals surface area contributed by atoms with Crippen LogP contribution in [0.25, 0.3) is 11.3 Å². The minimum atomic E-state index is -0.264. The Morgan fingerprint density at radius 3 is 2.38 bits per heavy atom. The number of carbonyl (C=O) groups is 1. The van der Waals surface area contributed by atoms with Crippen molar-refractivity contribution in [3.63, 3.8) is 0 Å². The Kier molecular flexibility index (Phi) is 6.52. The quantitative estimate of drug-likeness (QED) is 0.655. The van der Waals surface area contributed by atoms with Crippen molar-refractivity contribution in [1.82, 2.24) is 9.97 Å². The van der Waals surface area contributed by atoms with Crippen LogP contribution in [-0.4, -0.2) is 15.9 Å². The van der Waals surface area contributed by atoms with Gasteiger partial charge in [0, 0.05) is 22.9 Å². The molecule has 0 spiro atoms. The third kappa shape index (κ3) is 4.67. The number of thiazole rings is 2. The molecule has 138 valence electrons. The van der Waals surface area contributed by atoms with E-state index in [0.717, 1.165) is 16.3 Å². The van der Waals surface area contributed by atoms with Gasteiger partial charge in [0.25, 0.3) is 5.91 Å². The molecule has 0 atom stereocenters. The van der Waals surface area contributed by atoms with Gasteiger partial charge in [-0.05, 0) is 11.0 Å². The number of nitrogens with zero attached hydrogens (tertiary/aromatic N) is 2. The summed E-state index contributed by atoms with van der Waals surface area (Å²) in [6, 6.07) is 8.37. The van der Waals surface area contributed by atoms with E-state index in [9.17, 15) is 4.79 Å². The smallest absolute Gasteiger partial charge is 0.276 e. The van der Waals surface area contributed by atoms with Crippen molar-refractivity contribution in [2.75, 3.05) is 5.32 Å². The number of carbonyl (C=O) groups excluding carboxylic acids is 1. The van der Waals surface area contributed by atoms with Crippen molar-refractivity contribution >= 4 is 46.1 Å². The summed E-state index contributed by atoms with van der Waals surface area (Å²) in [5, 5.41) is 7.73.